The summed E-state index contributed by atoms with van der Waals surface area (Å²) in [5.41, 5.74) is 0.785. The average Bonchev–Trinajstić information content (AvgIpc) is 3.17. The lowest BCUT2D eigenvalue weighted by molar-refractivity contribution is 0.607. The summed E-state index contributed by atoms with van der Waals surface area (Å²) in [7, 11) is 1.75. The van der Waals surface area contributed by atoms with Gasteiger partial charge in [0.15, 0.2) is 5.96 Å². The number of hydrogen-bond donors (Lipinski definition) is 2. The number of aromatic nitrogens is 1. The van der Waals surface area contributed by atoms with Crippen LogP contribution in [0.25, 0.3) is 0 Å². The van der Waals surface area contributed by atoms with Gasteiger partial charge in [-0.15, -0.1) is 11.3 Å². The van der Waals surface area contributed by atoms with Crippen LogP contribution in [0.15, 0.2) is 35.5 Å². The minimum Gasteiger partial charge on any atom is -0.353 e. The van der Waals surface area contributed by atoms with E-state index in [0.717, 1.165) is 29.4 Å². The fourth-order valence-corrected chi connectivity index (χ4v) is 3.40. The van der Waals surface area contributed by atoms with Gasteiger partial charge in [0.05, 0.1) is 6.54 Å². The quantitative estimate of drug-likeness (QED) is 0.653. The first kappa shape index (κ1) is 15.9. The van der Waals surface area contributed by atoms with Crippen molar-refractivity contribution in [2.24, 2.45) is 4.99 Å². The third-order valence-electron chi connectivity index (χ3n) is 4.00. The van der Waals surface area contributed by atoms with E-state index >= 15 is 0 Å². The molecule has 0 spiro atoms. The molecule has 0 bridgehead atoms. The standard InChI is InChI=1S/C17H21FN4S/c1-3-11-9-20-16(23-11)10-21-17(19-2)22-15-8-13(15)12-6-4-5-7-14(12)18/h4-7,9,13,15H,3,8,10H2,1-2H3,(H2,19,21,22). The third-order valence-corrected chi connectivity index (χ3v) is 5.14. The molecular formula is C17H21FN4S. The molecule has 0 aliphatic heterocycles. The highest BCUT2D eigenvalue weighted by Gasteiger charge is 2.40. The van der Waals surface area contributed by atoms with Crippen molar-refractivity contribution in [3.63, 3.8) is 0 Å². The lowest BCUT2D eigenvalue weighted by atomic mass is 10.1. The van der Waals surface area contributed by atoms with Crippen molar-refractivity contribution in [1.29, 1.82) is 0 Å². The van der Waals surface area contributed by atoms with Gasteiger partial charge in [0.25, 0.3) is 0 Å². The van der Waals surface area contributed by atoms with E-state index in [4.69, 9.17) is 0 Å². The van der Waals surface area contributed by atoms with E-state index in [-0.39, 0.29) is 17.8 Å². The summed E-state index contributed by atoms with van der Waals surface area (Å²) in [6.07, 6.45) is 3.86. The zero-order chi connectivity index (χ0) is 16.2. The van der Waals surface area contributed by atoms with Gasteiger partial charge in [-0.1, -0.05) is 25.1 Å². The highest BCUT2D eigenvalue weighted by Crippen LogP contribution is 2.41. The van der Waals surface area contributed by atoms with E-state index in [2.05, 4.69) is 27.5 Å². The maximum atomic E-state index is 13.8. The van der Waals surface area contributed by atoms with Crippen molar-refractivity contribution in [2.45, 2.75) is 38.3 Å². The second kappa shape index (κ2) is 7.08. The summed E-state index contributed by atoms with van der Waals surface area (Å²) < 4.78 is 13.8. The smallest absolute Gasteiger partial charge is 0.191 e. The molecule has 3 rings (SSSR count). The van der Waals surface area contributed by atoms with Gasteiger partial charge in [0, 0.05) is 30.1 Å². The van der Waals surface area contributed by atoms with Crippen molar-refractivity contribution in [3.05, 3.63) is 51.7 Å². The van der Waals surface area contributed by atoms with Crippen LogP contribution in [0.4, 0.5) is 4.39 Å². The van der Waals surface area contributed by atoms with Crippen LogP contribution in [-0.2, 0) is 13.0 Å². The number of nitrogens with one attached hydrogen (secondary N) is 2. The van der Waals surface area contributed by atoms with Crippen LogP contribution in [0, 0.1) is 5.82 Å². The van der Waals surface area contributed by atoms with Crippen molar-refractivity contribution in [3.8, 4) is 0 Å². The lowest BCUT2D eigenvalue weighted by Crippen LogP contribution is -2.38. The third kappa shape index (κ3) is 3.88. The van der Waals surface area contributed by atoms with Crippen molar-refractivity contribution in [2.75, 3.05) is 7.05 Å². The van der Waals surface area contributed by atoms with Gasteiger partial charge in [0.2, 0.25) is 0 Å². The molecule has 0 radical (unpaired) electrons. The van der Waals surface area contributed by atoms with E-state index in [1.807, 2.05) is 18.3 Å². The van der Waals surface area contributed by atoms with Gasteiger partial charge < -0.3 is 10.6 Å². The normalized spacial score (nSPS) is 20.4. The zero-order valence-corrected chi connectivity index (χ0v) is 14.2. The Labute approximate surface area is 139 Å². The molecule has 2 atom stereocenters. The van der Waals surface area contributed by atoms with Crippen LogP contribution >= 0.6 is 11.3 Å². The Morgan fingerprint density at radius 3 is 2.96 bits per heavy atom. The number of aryl methyl sites for hydroxylation is 1. The predicted octanol–water partition coefficient (Wildman–Crippen LogP) is 3.07. The van der Waals surface area contributed by atoms with Gasteiger partial charge in [-0.25, -0.2) is 9.37 Å². The maximum absolute atomic E-state index is 13.8. The van der Waals surface area contributed by atoms with Crippen molar-refractivity contribution < 1.29 is 4.39 Å². The molecule has 2 aromatic rings. The molecule has 1 saturated carbocycles. The molecule has 1 aliphatic carbocycles. The Morgan fingerprint density at radius 1 is 1.43 bits per heavy atom. The van der Waals surface area contributed by atoms with E-state index in [1.54, 1.807) is 24.5 Å². The monoisotopic (exact) mass is 332 g/mol. The highest BCUT2D eigenvalue weighted by molar-refractivity contribution is 7.11. The summed E-state index contributed by atoms with van der Waals surface area (Å²) in [4.78, 5) is 9.91. The van der Waals surface area contributed by atoms with Crippen LogP contribution in [-0.4, -0.2) is 24.0 Å². The molecule has 1 aliphatic rings. The number of rotatable bonds is 5. The number of aliphatic imine (C=N–C) groups is 1. The Morgan fingerprint density at radius 2 is 2.26 bits per heavy atom. The second-order valence-corrected chi connectivity index (χ2v) is 6.81. The molecule has 6 heteroatoms. The fourth-order valence-electron chi connectivity index (χ4n) is 2.60. The average molecular weight is 332 g/mol. The number of benzene rings is 1. The number of hydrogen-bond acceptors (Lipinski definition) is 3. The molecule has 0 saturated heterocycles. The Hall–Kier alpha value is -1.95. The summed E-state index contributed by atoms with van der Waals surface area (Å²) in [6, 6.07) is 7.23. The van der Waals surface area contributed by atoms with Crippen molar-refractivity contribution >= 4 is 17.3 Å². The van der Waals surface area contributed by atoms with Gasteiger partial charge in [-0.2, -0.15) is 0 Å². The summed E-state index contributed by atoms with van der Waals surface area (Å²) in [6.45, 7) is 2.78. The van der Waals surface area contributed by atoms with E-state index in [9.17, 15) is 4.39 Å². The molecule has 2 unspecified atom stereocenters. The summed E-state index contributed by atoms with van der Waals surface area (Å²) >= 11 is 1.71. The largest absolute Gasteiger partial charge is 0.353 e. The van der Waals surface area contributed by atoms with Crippen molar-refractivity contribution in [1.82, 2.24) is 15.6 Å². The molecule has 1 aromatic heterocycles. The van der Waals surface area contributed by atoms with E-state index in [0.29, 0.717) is 6.54 Å². The van der Waals surface area contributed by atoms with Crippen LogP contribution in [0.1, 0.15) is 34.7 Å². The minimum absolute atomic E-state index is 0.125. The number of halogens is 1. The number of thiazole rings is 1. The molecule has 4 nitrogen and oxygen atoms in total. The molecular weight excluding hydrogens is 311 g/mol. The number of guanidine groups is 1. The van der Waals surface area contributed by atoms with Gasteiger partial charge in [-0.05, 0) is 24.5 Å². The first-order chi connectivity index (χ1) is 11.2. The molecule has 23 heavy (non-hydrogen) atoms. The molecule has 2 N–H and O–H groups in total. The Bertz CT molecular complexity index is 697. The van der Waals surface area contributed by atoms with Crippen LogP contribution < -0.4 is 10.6 Å². The summed E-state index contributed by atoms with van der Waals surface area (Å²) in [5.74, 6) is 0.836. The Kier molecular flexibility index (Phi) is 4.91. The maximum Gasteiger partial charge on any atom is 0.191 e. The number of nitrogens with zero attached hydrogens (tertiary/aromatic N) is 2. The van der Waals surface area contributed by atoms with Crippen LogP contribution in [0.3, 0.4) is 0 Å². The lowest BCUT2D eigenvalue weighted by Gasteiger charge is -2.11. The molecule has 0 amide bonds. The highest BCUT2D eigenvalue weighted by atomic mass is 32.1. The van der Waals surface area contributed by atoms with Gasteiger partial charge in [-0.3, -0.25) is 4.99 Å². The van der Waals surface area contributed by atoms with E-state index in [1.165, 1.54) is 10.9 Å². The predicted molar refractivity (Wildman–Crippen MR) is 92.4 cm³/mol. The van der Waals surface area contributed by atoms with Crippen LogP contribution in [0.5, 0.6) is 0 Å². The second-order valence-electron chi connectivity index (χ2n) is 5.61. The van der Waals surface area contributed by atoms with E-state index < -0.39 is 0 Å². The van der Waals surface area contributed by atoms with Gasteiger partial charge in [0.1, 0.15) is 10.8 Å². The first-order valence-corrected chi connectivity index (χ1v) is 8.68. The Balaban J connectivity index is 1.52. The van der Waals surface area contributed by atoms with Gasteiger partial charge >= 0.3 is 0 Å². The summed E-state index contributed by atoms with van der Waals surface area (Å²) in [5, 5.41) is 7.68. The molecule has 1 fully saturated rings. The fraction of sp³-hybridized carbons (Fsp3) is 0.412. The topological polar surface area (TPSA) is 49.3 Å². The molecule has 1 aromatic carbocycles. The molecule has 1 heterocycles. The zero-order valence-electron chi connectivity index (χ0n) is 13.3. The first-order valence-electron chi connectivity index (χ1n) is 7.86. The molecule has 122 valence electrons. The minimum atomic E-state index is -0.125. The SMILES string of the molecule is CCc1cnc(CNC(=NC)NC2CC2c2ccccc2F)s1. The van der Waals surface area contributed by atoms with Crippen LogP contribution in [0.2, 0.25) is 0 Å².